The van der Waals surface area contributed by atoms with Gasteiger partial charge >= 0.3 is 5.97 Å². The molecule has 0 spiro atoms. The minimum absolute atomic E-state index is 0.129. The van der Waals surface area contributed by atoms with Crippen LogP contribution in [0.2, 0.25) is 0 Å². The van der Waals surface area contributed by atoms with Crippen molar-refractivity contribution in [1.82, 2.24) is 14.9 Å². The standard InChI is InChI=1S/C19H22N6O3/c1-5-24(11-10-14-12-22-13-16(23-14)19(27)28-4)18(26)15-8-6-7-9-17(15)25(20-2)21-3/h6-9,12-13H,2-3,5,10-11H2,1,4H3. The van der Waals surface area contributed by atoms with Crippen molar-refractivity contribution in [3.8, 4) is 0 Å². The molecule has 9 nitrogen and oxygen atoms in total. The summed E-state index contributed by atoms with van der Waals surface area (Å²) in [6, 6.07) is 6.96. The summed E-state index contributed by atoms with van der Waals surface area (Å²) in [6.07, 6.45) is 3.33. The van der Waals surface area contributed by atoms with Crippen LogP contribution in [-0.4, -0.2) is 60.4 Å². The Morgan fingerprint density at radius 3 is 2.54 bits per heavy atom. The largest absolute Gasteiger partial charge is 0.464 e. The summed E-state index contributed by atoms with van der Waals surface area (Å²) in [6.45, 7) is 9.65. The van der Waals surface area contributed by atoms with Gasteiger partial charge in [0.25, 0.3) is 5.91 Å². The van der Waals surface area contributed by atoms with Gasteiger partial charge in [0, 0.05) is 39.1 Å². The minimum Gasteiger partial charge on any atom is -0.464 e. The normalized spacial score (nSPS) is 10.1. The summed E-state index contributed by atoms with van der Waals surface area (Å²) in [5, 5.41) is 8.71. The lowest BCUT2D eigenvalue weighted by atomic mass is 10.1. The van der Waals surface area contributed by atoms with E-state index < -0.39 is 5.97 Å². The Bertz CT molecular complexity index is 862. The number of carbonyl (C=O) groups is 2. The van der Waals surface area contributed by atoms with Crippen LogP contribution >= 0.6 is 0 Å². The number of hydrogen-bond acceptors (Lipinski definition) is 8. The minimum atomic E-state index is -0.555. The monoisotopic (exact) mass is 382 g/mol. The van der Waals surface area contributed by atoms with Crippen molar-refractivity contribution in [2.24, 2.45) is 10.2 Å². The fourth-order valence-corrected chi connectivity index (χ4v) is 2.58. The number of methoxy groups -OCH3 is 1. The van der Waals surface area contributed by atoms with Crippen molar-refractivity contribution in [2.75, 3.05) is 25.3 Å². The van der Waals surface area contributed by atoms with E-state index in [1.54, 1.807) is 35.4 Å². The number of amides is 1. The lowest BCUT2D eigenvalue weighted by molar-refractivity contribution is 0.0592. The van der Waals surface area contributed by atoms with Crippen molar-refractivity contribution in [3.63, 3.8) is 0 Å². The van der Waals surface area contributed by atoms with E-state index in [0.29, 0.717) is 36.5 Å². The molecule has 1 aromatic heterocycles. The third-order valence-corrected chi connectivity index (χ3v) is 4.00. The van der Waals surface area contributed by atoms with Gasteiger partial charge in [-0.25, -0.2) is 9.78 Å². The van der Waals surface area contributed by atoms with Crippen molar-refractivity contribution in [3.05, 3.63) is 53.6 Å². The number of ether oxygens (including phenoxy) is 1. The molecule has 0 unspecified atom stereocenters. The number of esters is 1. The molecule has 0 saturated heterocycles. The quantitative estimate of drug-likeness (QED) is 0.374. The van der Waals surface area contributed by atoms with E-state index in [4.69, 9.17) is 0 Å². The van der Waals surface area contributed by atoms with Crippen molar-refractivity contribution < 1.29 is 14.3 Å². The lowest BCUT2D eigenvalue weighted by Crippen LogP contribution is -2.33. The summed E-state index contributed by atoms with van der Waals surface area (Å²) in [5.41, 5.74) is 1.64. The Labute approximate surface area is 163 Å². The highest BCUT2D eigenvalue weighted by Crippen LogP contribution is 2.22. The van der Waals surface area contributed by atoms with Crippen molar-refractivity contribution >= 4 is 31.0 Å². The number of nitrogens with zero attached hydrogens (tertiary/aromatic N) is 6. The Morgan fingerprint density at radius 2 is 1.89 bits per heavy atom. The highest BCUT2D eigenvalue weighted by atomic mass is 16.5. The van der Waals surface area contributed by atoms with Gasteiger partial charge in [-0.15, -0.1) is 0 Å². The summed E-state index contributed by atoms with van der Waals surface area (Å²) in [7, 11) is 1.28. The second-order valence-corrected chi connectivity index (χ2v) is 5.61. The van der Waals surface area contributed by atoms with Gasteiger partial charge in [0.15, 0.2) is 5.69 Å². The van der Waals surface area contributed by atoms with Crippen LogP contribution in [0.5, 0.6) is 0 Å². The van der Waals surface area contributed by atoms with Gasteiger partial charge in [0.05, 0.1) is 30.3 Å². The van der Waals surface area contributed by atoms with E-state index in [0.717, 1.165) is 0 Å². The van der Waals surface area contributed by atoms with Gasteiger partial charge in [-0.05, 0) is 19.1 Å². The lowest BCUT2D eigenvalue weighted by Gasteiger charge is -2.23. The molecule has 0 saturated carbocycles. The van der Waals surface area contributed by atoms with Gasteiger partial charge in [-0.3, -0.25) is 9.78 Å². The van der Waals surface area contributed by atoms with Crippen LogP contribution in [0.25, 0.3) is 0 Å². The SMILES string of the molecule is C=NN(N=C)c1ccccc1C(=O)N(CC)CCc1cncc(C(=O)OC)n1. The molecule has 0 bridgehead atoms. The second kappa shape index (κ2) is 9.91. The molecular weight excluding hydrogens is 360 g/mol. The topological polar surface area (TPSA) is 100 Å². The predicted octanol–water partition coefficient (Wildman–Crippen LogP) is 2.01. The molecule has 1 amide bonds. The van der Waals surface area contributed by atoms with Crippen LogP contribution in [0.1, 0.15) is 33.5 Å². The number of benzene rings is 1. The van der Waals surface area contributed by atoms with Crippen LogP contribution < -0.4 is 5.12 Å². The maximum atomic E-state index is 13.0. The molecule has 1 heterocycles. The summed E-state index contributed by atoms with van der Waals surface area (Å²) in [4.78, 5) is 34.5. The number of aromatic nitrogens is 2. The predicted molar refractivity (Wildman–Crippen MR) is 107 cm³/mol. The van der Waals surface area contributed by atoms with Crippen LogP contribution in [0, 0.1) is 0 Å². The zero-order valence-electron chi connectivity index (χ0n) is 15.9. The highest BCUT2D eigenvalue weighted by molar-refractivity contribution is 5.99. The number of likely N-dealkylation sites (N-methyl/N-ethyl adjacent to an activating group) is 1. The van der Waals surface area contributed by atoms with E-state index in [9.17, 15) is 9.59 Å². The number of hydrogen-bond donors (Lipinski definition) is 0. The molecule has 9 heteroatoms. The van der Waals surface area contributed by atoms with Gasteiger partial charge in [0.2, 0.25) is 0 Å². The Hall–Kier alpha value is -3.62. The van der Waals surface area contributed by atoms with Crippen LogP contribution in [0.3, 0.4) is 0 Å². The molecule has 0 fully saturated rings. The fraction of sp³-hybridized carbons (Fsp3) is 0.263. The van der Waals surface area contributed by atoms with E-state index in [-0.39, 0.29) is 11.6 Å². The van der Waals surface area contributed by atoms with Crippen LogP contribution in [0.15, 0.2) is 46.9 Å². The smallest absolute Gasteiger partial charge is 0.358 e. The third-order valence-electron chi connectivity index (χ3n) is 4.00. The molecule has 0 radical (unpaired) electrons. The first-order valence-corrected chi connectivity index (χ1v) is 8.56. The maximum Gasteiger partial charge on any atom is 0.358 e. The van der Waals surface area contributed by atoms with Gasteiger partial charge < -0.3 is 9.64 Å². The summed E-state index contributed by atoms with van der Waals surface area (Å²) >= 11 is 0. The van der Waals surface area contributed by atoms with E-state index >= 15 is 0 Å². The first-order chi connectivity index (χ1) is 13.5. The number of rotatable bonds is 9. The number of hydrazone groups is 2. The zero-order valence-corrected chi connectivity index (χ0v) is 15.9. The molecule has 2 aromatic rings. The number of anilines is 1. The average Bonchev–Trinajstić information content (AvgIpc) is 2.75. The van der Waals surface area contributed by atoms with E-state index in [1.807, 2.05) is 6.92 Å². The second-order valence-electron chi connectivity index (χ2n) is 5.61. The fourth-order valence-electron chi connectivity index (χ4n) is 2.58. The maximum absolute atomic E-state index is 13.0. The number of para-hydroxylation sites is 1. The Balaban J connectivity index is 2.18. The van der Waals surface area contributed by atoms with Crippen molar-refractivity contribution in [1.29, 1.82) is 0 Å². The Morgan fingerprint density at radius 1 is 1.18 bits per heavy atom. The van der Waals surface area contributed by atoms with Gasteiger partial charge in [0.1, 0.15) is 0 Å². The first kappa shape index (κ1) is 20.7. The highest BCUT2D eigenvalue weighted by Gasteiger charge is 2.20. The van der Waals surface area contributed by atoms with E-state index in [2.05, 4.69) is 38.3 Å². The zero-order chi connectivity index (χ0) is 20.5. The molecule has 2 rings (SSSR count). The molecule has 0 aliphatic heterocycles. The summed E-state index contributed by atoms with van der Waals surface area (Å²) in [5.74, 6) is -0.742. The number of carbonyl (C=O) groups excluding carboxylic acids is 2. The van der Waals surface area contributed by atoms with Gasteiger partial charge in [-0.2, -0.15) is 15.3 Å². The molecule has 146 valence electrons. The molecule has 0 aliphatic carbocycles. The van der Waals surface area contributed by atoms with E-state index in [1.165, 1.54) is 18.4 Å². The van der Waals surface area contributed by atoms with Crippen molar-refractivity contribution in [2.45, 2.75) is 13.3 Å². The molecule has 1 aromatic carbocycles. The molecular formula is C19H22N6O3. The molecule has 0 atom stereocenters. The first-order valence-electron chi connectivity index (χ1n) is 8.56. The average molecular weight is 382 g/mol. The summed E-state index contributed by atoms with van der Waals surface area (Å²) < 4.78 is 4.65. The third kappa shape index (κ3) is 4.76. The molecule has 28 heavy (non-hydrogen) atoms. The van der Waals surface area contributed by atoms with Crippen LogP contribution in [0.4, 0.5) is 5.69 Å². The Kier molecular flexibility index (Phi) is 7.32. The van der Waals surface area contributed by atoms with Gasteiger partial charge in [-0.1, -0.05) is 12.1 Å². The molecule has 0 aliphatic rings. The molecule has 0 N–H and O–H groups in total. The van der Waals surface area contributed by atoms with Crippen LogP contribution in [-0.2, 0) is 11.2 Å².